The standard InChI is InChI=1S/C28H36NO4P/c1-3-21-24-17-20(18-11-7-5-8-12-18)15-16-23(24)25(22(4-2)26(21)28(29)30)27(34(31,32)33)19-13-9-6-10-14-19/h6,9-10,13-18,22,25,27H,3-5,7-8,11-12H2,1-2H3,(H2,29,30)(H2,31,32,33). The van der Waals surface area contributed by atoms with Crippen molar-refractivity contribution >= 4 is 19.1 Å². The molecule has 1 saturated carbocycles. The Morgan fingerprint density at radius 2 is 1.74 bits per heavy atom. The number of carbonyl (C=O) groups excluding carboxylic acids is 1. The monoisotopic (exact) mass is 481 g/mol. The first-order valence-corrected chi connectivity index (χ1v) is 14.2. The number of carbonyl (C=O) groups is 1. The van der Waals surface area contributed by atoms with E-state index in [-0.39, 0.29) is 5.92 Å². The van der Waals surface area contributed by atoms with Gasteiger partial charge in [0, 0.05) is 11.5 Å². The van der Waals surface area contributed by atoms with Crippen LogP contribution in [-0.2, 0) is 9.36 Å². The molecule has 5 nitrogen and oxygen atoms in total. The van der Waals surface area contributed by atoms with Crippen LogP contribution < -0.4 is 5.73 Å². The highest BCUT2D eigenvalue weighted by Crippen LogP contribution is 2.64. The molecule has 0 aliphatic heterocycles. The highest BCUT2D eigenvalue weighted by molar-refractivity contribution is 7.52. The normalized spacial score (nSPS) is 22.4. The summed E-state index contributed by atoms with van der Waals surface area (Å²) in [7, 11) is -4.57. The second kappa shape index (κ2) is 10.2. The Hall–Kier alpha value is -2.20. The van der Waals surface area contributed by atoms with E-state index in [0.717, 1.165) is 29.5 Å². The fourth-order valence-electron chi connectivity index (χ4n) is 6.40. The molecule has 0 heterocycles. The van der Waals surface area contributed by atoms with Crippen molar-refractivity contribution in [3.8, 4) is 0 Å². The molecule has 182 valence electrons. The molecule has 0 saturated heterocycles. The van der Waals surface area contributed by atoms with Gasteiger partial charge < -0.3 is 15.5 Å². The number of hydrogen-bond acceptors (Lipinski definition) is 2. The van der Waals surface area contributed by atoms with Crippen molar-refractivity contribution in [2.75, 3.05) is 0 Å². The van der Waals surface area contributed by atoms with Crippen LogP contribution in [0.15, 0.2) is 54.1 Å². The van der Waals surface area contributed by atoms with Crippen molar-refractivity contribution in [1.82, 2.24) is 0 Å². The molecule has 2 aliphatic carbocycles. The molecule has 3 atom stereocenters. The molecule has 0 radical (unpaired) electrons. The van der Waals surface area contributed by atoms with Gasteiger partial charge in [-0.1, -0.05) is 81.6 Å². The molecule has 3 unspecified atom stereocenters. The number of rotatable bonds is 7. The van der Waals surface area contributed by atoms with Gasteiger partial charge in [0.1, 0.15) is 0 Å². The van der Waals surface area contributed by atoms with Crippen LogP contribution in [0.2, 0.25) is 0 Å². The van der Waals surface area contributed by atoms with Gasteiger partial charge in [0.2, 0.25) is 5.91 Å². The molecule has 6 heteroatoms. The first kappa shape index (κ1) is 24.9. The highest BCUT2D eigenvalue weighted by atomic mass is 31.2. The lowest BCUT2D eigenvalue weighted by Crippen LogP contribution is -2.33. The van der Waals surface area contributed by atoms with Crippen molar-refractivity contribution in [2.24, 2.45) is 11.7 Å². The fraction of sp³-hybridized carbons (Fsp3) is 0.464. The highest BCUT2D eigenvalue weighted by Gasteiger charge is 2.47. The molecule has 4 N–H and O–H groups in total. The number of amides is 1. The van der Waals surface area contributed by atoms with Crippen LogP contribution in [0.25, 0.3) is 5.57 Å². The summed E-state index contributed by atoms with van der Waals surface area (Å²) >= 11 is 0. The fourth-order valence-corrected chi connectivity index (χ4v) is 7.75. The SMILES string of the molecule is CCC1=C(C(N)=O)C(CC)C(C(c2ccccc2)P(=O)(O)O)c2ccc(C3CCCCC3)cc21. The van der Waals surface area contributed by atoms with E-state index >= 15 is 0 Å². The summed E-state index contributed by atoms with van der Waals surface area (Å²) in [5.74, 6) is -0.900. The summed E-state index contributed by atoms with van der Waals surface area (Å²) in [6.07, 6.45) is 7.24. The van der Waals surface area contributed by atoms with Gasteiger partial charge in [-0.25, -0.2) is 0 Å². The van der Waals surface area contributed by atoms with Crippen molar-refractivity contribution in [1.29, 1.82) is 0 Å². The summed E-state index contributed by atoms with van der Waals surface area (Å²) in [5.41, 5.74) is 10.1. The zero-order chi connectivity index (χ0) is 24.5. The Labute approximate surface area is 202 Å². The van der Waals surface area contributed by atoms with E-state index in [1.807, 2.05) is 19.9 Å². The Balaban J connectivity index is 1.97. The average molecular weight is 482 g/mol. The third-order valence-corrected chi connectivity index (χ3v) is 9.21. The summed E-state index contributed by atoms with van der Waals surface area (Å²) in [6.45, 7) is 4.00. The van der Waals surface area contributed by atoms with Gasteiger partial charge in [-0.2, -0.15) is 0 Å². The molecule has 0 bridgehead atoms. The first-order valence-electron chi connectivity index (χ1n) is 12.5. The molecular formula is C28H36NO4P. The average Bonchev–Trinajstić information content (AvgIpc) is 2.83. The third kappa shape index (κ3) is 4.66. The second-order valence-corrected chi connectivity index (χ2v) is 11.5. The number of hydrogen-bond donors (Lipinski definition) is 3. The van der Waals surface area contributed by atoms with Crippen LogP contribution in [0.5, 0.6) is 0 Å². The molecule has 2 aromatic carbocycles. The lowest BCUT2D eigenvalue weighted by molar-refractivity contribution is -0.115. The minimum Gasteiger partial charge on any atom is -0.366 e. The summed E-state index contributed by atoms with van der Waals surface area (Å²) in [4.78, 5) is 34.0. The van der Waals surface area contributed by atoms with E-state index in [9.17, 15) is 19.1 Å². The van der Waals surface area contributed by atoms with Crippen molar-refractivity contribution < 1.29 is 19.1 Å². The van der Waals surface area contributed by atoms with Crippen LogP contribution in [0.1, 0.15) is 98.5 Å². The predicted molar refractivity (Wildman–Crippen MR) is 136 cm³/mol. The maximum absolute atomic E-state index is 13.0. The Bertz CT molecular complexity index is 1110. The first-order chi connectivity index (χ1) is 16.3. The number of benzene rings is 2. The molecule has 34 heavy (non-hydrogen) atoms. The van der Waals surface area contributed by atoms with Gasteiger partial charge in [-0.05, 0) is 65.3 Å². The number of allylic oxidation sites excluding steroid dienone is 1. The van der Waals surface area contributed by atoms with Crippen molar-refractivity contribution in [3.63, 3.8) is 0 Å². The minimum atomic E-state index is -4.57. The van der Waals surface area contributed by atoms with E-state index in [0.29, 0.717) is 29.9 Å². The van der Waals surface area contributed by atoms with Gasteiger partial charge in [0.15, 0.2) is 0 Å². The molecular weight excluding hydrogens is 445 g/mol. The number of fused-ring (bicyclic) bond motifs is 1. The van der Waals surface area contributed by atoms with Crippen molar-refractivity contribution in [3.05, 3.63) is 76.4 Å². The third-order valence-electron chi connectivity index (χ3n) is 7.87. The quantitative estimate of drug-likeness (QED) is 0.397. The van der Waals surface area contributed by atoms with Crippen LogP contribution >= 0.6 is 7.60 Å². The van der Waals surface area contributed by atoms with Crippen LogP contribution in [0.3, 0.4) is 0 Å². The van der Waals surface area contributed by atoms with Gasteiger partial charge in [0.05, 0.1) is 5.66 Å². The minimum absolute atomic E-state index is 0.363. The largest absolute Gasteiger partial charge is 0.366 e. The molecule has 4 rings (SSSR count). The maximum Gasteiger partial charge on any atom is 0.333 e. The van der Waals surface area contributed by atoms with Crippen LogP contribution in [0.4, 0.5) is 0 Å². The zero-order valence-corrected chi connectivity index (χ0v) is 21.0. The molecule has 0 spiro atoms. The second-order valence-electron chi connectivity index (χ2n) is 9.78. The smallest absolute Gasteiger partial charge is 0.333 e. The zero-order valence-electron chi connectivity index (χ0n) is 20.1. The van der Waals surface area contributed by atoms with Gasteiger partial charge in [0.25, 0.3) is 0 Å². The van der Waals surface area contributed by atoms with Gasteiger partial charge in [-0.3, -0.25) is 9.36 Å². The molecule has 2 aromatic rings. The maximum atomic E-state index is 13.0. The number of nitrogens with two attached hydrogens (primary N) is 1. The Morgan fingerprint density at radius 3 is 2.29 bits per heavy atom. The predicted octanol–water partition coefficient (Wildman–Crippen LogP) is 6.43. The van der Waals surface area contributed by atoms with Gasteiger partial charge in [-0.15, -0.1) is 0 Å². The van der Waals surface area contributed by atoms with E-state index < -0.39 is 25.1 Å². The molecule has 2 aliphatic rings. The molecule has 1 amide bonds. The Morgan fingerprint density at radius 1 is 1.06 bits per heavy atom. The van der Waals surface area contributed by atoms with Crippen LogP contribution in [0, 0.1) is 5.92 Å². The van der Waals surface area contributed by atoms with Crippen LogP contribution in [-0.4, -0.2) is 15.7 Å². The van der Waals surface area contributed by atoms with E-state index in [1.165, 1.54) is 24.8 Å². The molecule has 0 aromatic heterocycles. The van der Waals surface area contributed by atoms with Gasteiger partial charge >= 0.3 is 7.60 Å². The topological polar surface area (TPSA) is 101 Å². The lowest BCUT2D eigenvalue weighted by atomic mass is 9.66. The van der Waals surface area contributed by atoms with E-state index in [1.54, 1.807) is 24.3 Å². The van der Waals surface area contributed by atoms with Crippen molar-refractivity contribution in [2.45, 2.75) is 76.3 Å². The molecule has 1 fully saturated rings. The summed E-state index contributed by atoms with van der Waals surface area (Å²) < 4.78 is 13.0. The Kier molecular flexibility index (Phi) is 7.47. The van der Waals surface area contributed by atoms with E-state index in [4.69, 9.17) is 5.73 Å². The van der Waals surface area contributed by atoms with E-state index in [2.05, 4.69) is 18.2 Å². The number of primary amides is 1. The summed E-state index contributed by atoms with van der Waals surface area (Å²) in [5, 5.41) is 0. The summed E-state index contributed by atoms with van der Waals surface area (Å²) in [6, 6.07) is 15.4. The lowest BCUT2D eigenvalue weighted by Gasteiger charge is -2.41.